The van der Waals surface area contributed by atoms with E-state index >= 15 is 0 Å². The zero-order valence-electron chi connectivity index (χ0n) is 7.89. The summed E-state index contributed by atoms with van der Waals surface area (Å²) in [6, 6.07) is 3.36. The molecular formula is C10H13N3O. The quantitative estimate of drug-likeness (QED) is 0.704. The smallest absolute Gasteiger partial charge is 0.243 e. The minimum Gasteiger partial charge on any atom is -0.320 e. The number of aromatic nitrogens is 1. The second kappa shape index (κ2) is 3.75. The maximum absolute atomic E-state index is 11.7. The van der Waals surface area contributed by atoms with Gasteiger partial charge in [0.05, 0.1) is 17.9 Å². The van der Waals surface area contributed by atoms with Gasteiger partial charge in [0.1, 0.15) is 0 Å². The van der Waals surface area contributed by atoms with Gasteiger partial charge in [0.15, 0.2) is 0 Å². The van der Waals surface area contributed by atoms with Crippen LogP contribution in [0.15, 0.2) is 24.5 Å². The van der Waals surface area contributed by atoms with Crippen molar-refractivity contribution in [3.05, 3.63) is 24.5 Å². The minimum absolute atomic E-state index is 0.00394. The van der Waals surface area contributed by atoms with E-state index < -0.39 is 0 Å². The number of piperidine rings is 1. The highest BCUT2D eigenvalue weighted by Crippen LogP contribution is 2.18. The van der Waals surface area contributed by atoms with Gasteiger partial charge in [-0.05, 0) is 25.0 Å². The maximum atomic E-state index is 11.7. The van der Waals surface area contributed by atoms with Crippen molar-refractivity contribution < 1.29 is 4.79 Å². The summed E-state index contributed by atoms with van der Waals surface area (Å²) in [6.07, 6.45) is 5.13. The van der Waals surface area contributed by atoms with Crippen LogP contribution in [0, 0.1) is 0 Å². The van der Waals surface area contributed by atoms with E-state index in [1.807, 2.05) is 12.1 Å². The molecule has 74 valence electrons. The largest absolute Gasteiger partial charge is 0.320 e. The Morgan fingerprint density at radius 1 is 1.57 bits per heavy atom. The van der Waals surface area contributed by atoms with E-state index in [9.17, 15) is 4.79 Å². The lowest BCUT2D eigenvalue weighted by atomic mass is 10.1. The molecule has 2 heterocycles. The molecule has 1 atom stereocenters. The molecule has 2 N–H and O–H groups in total. The maximum Gasteiger partial charge on any atom is 0.243 e. The Bertz CT molecular complexity index is 325. The fourth-order valence-electron chi connectivity index (χ4n) is 1.67. The molecule has 4 heteroatoms. The van der Waals surface area contributed by atoms with Crippen LogP contribution in [0.25, 0.3) is 0 Å². The third kappa shape index (κ3) is 1.61. The Hall–Kier alpha value is -1.42. The molecular weight excluding hydrogens is 178 g/mol. The zero-order valence-corrected chi connectivity index (χ0v) is 7.89. The Labute approximate surface area is 82.7 Å². The SMILES string of the molecule is NC1CCCN(c2cccnc2)C1=O. The Balaban J connectivity index is 2.22. The van der Waals surface area contributed by atoms with Crippen molar-refractivity contribution in [1.82, 2.24) is 4.98 Å². The van der Waals surface area contributed by atoms with Crippen molar-refractivity contribution in [2.24, 2.45) is 5.73 Å². The number of carbonyl (C=O) groups excluding carboxylic acids is 1. The lowest BCUT2D eigenvalue weighted by Gasteiger charge is -2.30. The summed E-state index contributed by atoms with van der Waals surface area (Å²) in [4.78, 5) is 17.4. The summed E-state index contributed by atoms with van der Waals surface area (Å²) in [7, 11) is 0. The summed E-state index contributed by atoms with van der Waals surface area (Å²) in [5, 5.41) is 0. The van der Waals surface area contributed by atoms with Crippen LogP contribution < -0.4 is 10.6 Å². The molecule has 0 radical (unpaired) electrons. The van der Waals surface area contributed by atoms with Crippen molar-refractivity contribution in [2.45, 2.75) is 18.9 Å². The molecule has 0 aromatic carbocycles. The molecule has 1 fully saturated rings. The van der Waals surface area contributed by atoms with Crippen LogP contribution in [-0.4, -0.2) is 23.5 Å². The van der Waals surface area contributed by atoms with E-state index in [2.05, 4.69) is 4.98 Å². The number of pyridine rings is 1. The number of nitrogens with zero attached hydrogens (tertiary/aromatic N) is 2. The van der Waals surface area contributed by atoms with Gasteiger partial charge in [-0.1, -0.05) is 0 Å². The van der Waals surface area contributed by atoms with Crippen LogP contribution in [0.4, 0.5) is 5.69 Å². The topological polar surface area (TPSA) is 59.2 Å². The third-order valence-corrected chi connectivity index (χ3v) is 2.44. The van der Waals surface area contributed by atoms with Crippen molar-refractivity contribution in [1.29, 1.82) is 0 Å². The molecule has 1 amide bonds. The Morgan fingerprint density at radius 3 is 3.14 bits per heavy atom. The van der Waals surface area contributed by atoms with Crippen LogP contribution in [0.5, 0.6) is 0 Å². The molecule has 1 saturated heterocycles. The van der Waals surface area contributed by atoms with E-state index in [1.54, 1.807) is 17.3 Å². The van der Waals surface area contributed by atoms with E-state index in [1.165, 1.54) is 0 Å². The van der Waals surface area contributed by atoms with Gasteiger partial charge in [0.2, 0.25) is 5.91 Å². The van der Waals surface area contributed by atoms with Gasteiger partial charge in [0.25, 0.3) is 0 Å². The second-order valence-electron chi connectivity index (χ2n) is 3.45. The number of rotatable bonds is 1. The molecule has 1 aliphatic heterocycles. The molecule has 0 aliphatic carbocycles. The van der Waals surface area contributed by atoms with E-state index in [0.29, 0.717) is 0 Å². The number of carbonyl (C=O) groups is 1. The highest BCUT2D eigenvalue weighted by Gasteiger charge is 2.26. The number of nitrogens with two attached hydrogens (primary N) is 1. The van der Waals surface area contributed by atoms with E-state index in [-0.39, 0.29) is 11.9 Å². The lowest BCUT2D eigenvalue weighted by molar-refractivity contribution is -0.120. The summed E-state index contributed by atoms with van der Waals surface area (Å²) >= 11 is 0. The third-order valence-electron chi connectivity index (χ3n) is 2.44. The predicted molar refractivity (Wildman–Crippen MR) is 53.8 cm³/mol. The van der Waals surface area contributed by atoms with Gasteiger partial charge in [-0.3, -0.25) is 9.78 Å². The molecule has 0 bridgehead atoms. The Morgan fingerprint density at radius 2 is 2.43 bits per heavy atom. The second-order valence-corrected chi connectivity index (χ2v) is 3.45. The fourth-order valence-corrected chi connectivity index (χ4v) is 1.67. The van der Waals surface area contributed by atoms with E-state index in [4.69, 9.17) is 5.73 Å². The number of hydrogen-bond acceptors (Lipinski definition) is 3. The minimum atomic E-state index is -0.344. The number of amides is 1. The van der Waals surface area contributed by atoms with Gasteiger partial charge in [-0.25, -0.2) is 0 Å². The van der Waals surface area contributed by atoms with Crippen molar-refractivity contribution >= 4 is 11.6 Å². The molecule has 0 saturated carbocycles. The first kappa shape index (κ1) is 9.15. The number of anilines is 1. The van der Waals surface area contributed by atoms with Crippen molar-refractivity contribution in [3.63, 3.8) is 0 Å². The molecule has 14 heavy (non-hydrogen) atoms. The van der Waals surface area contributed by atoms with Crippen LogP contribution in [-0.2, 0) is 4.79 Å². The summed E-state index contributed by atoms with van der Waals surface area (Å²) < 4.78 is 0. The van der Waals surface area contributed by atoms with Crippen LogP contribution >= 0.6 is 0 Å². The Kier molecular flexibility index (Phi) is 2.45. The van der Waals surface area contributed by atoms with Crippen LogP contribution in [0.1, 0.15) is 12.8 Å². The first-order chi connectivity index (χ1) is 6.79. The van der Waals surface area contributed by atoms with Gasteiger partial charge in [0, 0.05) is 12.7 Å². The number of hydrogen-bond donors (Lipinski definition) is 1. The monoisotopic (exact) mass is 191 g/mol. The average molecular weight is 191 g/mol. The first-order valence-electron chi connectivity index (χ1n) is 4.76. The molecule has 1 aromatic rings. The summed E-state index contributed by atoms with van der Waals surface area (Å²) in [5.74, 6) is 0.00394. The van der Waals surface area contributed by atoms with Gasteiger partial charge in [-0.15, -0.1) is 0 Å². The molecule has 0 spiro atoms. The highest BCUT2D eigenvalue weighted by atomic mass is 16.2. The van der Waals surface area contributed by atoms with Gasteiger partial charge < -0.3 is 10.6 Å². The molecule has 2 rings (SSSR count). The highest BCUT2D eigenvalue weighted by molar-refractivity contribution is 5.97. The molecule has 1 unspecified atom stereocenters. The standard InChI is InChI=1S/C10H13N3O/c11-9-4-2-6-13(10(9)14)8-3-1-5-12-7-8/h1,3,5,7,9H,2,4,6,11H2. The molecule has 1 aliphatic rings. The summed E-state index contributed by atoms with van der Waals surface area (Å²) in [6.45, 7) is 0.748. The normalized spacial score (nSPS) is 22.5. The first-order valence-corrected chi connectivity index (χ1v) is 4.76. The van der Waals surface area contributed by atoms with Gasteiger partial charge >= 0.3 is 0 Å². The average Bonchev–Trinajstić information content (AvgIpc) is 2.23. The molecule has 4 nitrogen and oxygen atoms in total. The summed E-state index contributed by atoms with van der Waals surface area (Å²) in [5.41, 5.74) is 6.53. The van der Waals surface area contributed by atoms with E-state index in [0.717, 1.165) is 25.1 Å². The lowest BCUT2D eigenvalue weighted by Crippen LogP contribution is -2.48. The van der Waals surface area contributed by atoms with Crippen LogP contribution in [0.2, 0.25) is 0 Å². The van der Waals surface area contributed by atoms with Crippen molar-refractivity contribution in [3.8, 4) is 0 Å². The molecule has 1 aromatic heterocycles. The zero-order chi connectivity index (χ0) is 9.97. The fraction of sp³-hybridized carbons (Fsp3) is 0.400. The van der Waals surface area contributed by atoms with Gasteiger partial charge in [-0.2, -0.15) is 0 Å². The predicted octanol–water partition coefficient (Wildman–Crippen LogP) is 0.536. The van der Waals surface area contributed by atoms with Crippen LogP contribution in [0.3, 0.4) is 0 Å². The van der Waals surface area contributed by atoms with Crippen molar-refractivity contribution in [2.75, 3.05) is 11.4 Å².